The van der Waals surface area contributed by atoms with E-state index in [0.717, 1.165) is 72.8 Å². The predicted molar refractivity (Wildman–Crippen MR) is 232 cm³/mol. The van der Waals surface area contributed by atoms with Gasteiger partial charge in [0.25, 0.3) is 0 Å². The molecule has 0 N–H and O–H groups in total. The van der Waals surface area contributed by atoms with Gasteiger partial charge in [0.15, 0.2) is 17.5 Å². The van der Waals surface area contributed by atoms with E-state index in [4.69, 9.17) is 24.9 Å². The number of hydrogen-bond donors (Lipinski definition) is 0. The van der Waals surface area contributed by atoms with E-state index in [1.54, 1.807) is 0 Å². The first-order valence-corrected chi connectivity index (χ1v) is 19.2. The van der Waals surface area contributed by atoms with Crippen LogP contribution in [0.25, 0.3) is 78.9 Å². The van der Waals surface area contributed by atoms with Gasteiger partial charge in [-0.1, -0.05) is 182 Å². The summed E-state index contributed by atoms with van der Waals surface area (Å²) >= 11 is 0. The number of benzene rings is 6. The van der Waals surface area contributed by atoms with Crippen LogP contribution in [0.1, 0.15) is 25.2 Å². The molecule has 9 aromatic rings. The standard InChI is InChI=1S/C52H39N5/c1-52(2,47-29-17-28-45(53-47)37-18-7-3-8-19-37)48-44(34-35-46(54-48)38-20-9-4-10-21-38)43-27-16-15-26-42(43)36-30-32-41(33-31-36)51-56-49(39-22-11-5-12-23-39)55-50(57-51)40-24-13-6-14-25-40/h3-35H,1-2H3. The molecule has 0 unspecified atom stereocenters. The van der Waals surface area contributed by atoms with Crippen LogP contribution < -0.4 is 0 Å². The molecular weight excluding hydrogens is 695 g/mol. The molecule has 0 radical (unpaired) electrons. The van der Waals surface area contributed by atoms with Crippen LogP contribution in [-0.4, -0.2) is 24.9 Å². The van der Waals surface area contributed by atoms with Crippen molar-refractivity contribution in [2.45, 2.75) is 19.3 Å². The van der Waals surface area contributed by atoms with Gasteiger partial charge in [0.1, 0.15) is 0 Å². The zero-order valence-electron chi connectivity index (χ0n) is 31.8. The lowest BCUT2D eigenvalue weighted by Crippen LogP contribution is -2.24. The number of aromatic nitrogens is 5. The van der Waals surface area contributed by atoms with Gasteiger partial charge in [0, 0.05) is 38.8 Å². The van der Waals surface area contributed by atoms with Crippen molar-refractivity contribution in [1.82, 2.24) is 24.9 Å². The quantitative estimate of drug-likeness (QED) is 0.148. The summed E-state index contributed by atoms with van der Waals surface area (Å²) in [6.45, 7) is 4.45. The van der Waals surface area contributed by atoms with E-state index >= 15 is 0 Å². The van der Waals surface area contributed by atoms with Gasteiger partial charge in [-0.3, -0.25) is 9.97 Å². The van der Waals surface area contributed by atoms with E-state index in [1.165, 1.54) is 0 Å². The van der Waals surface area contributed by atoms with Crippen LogP contribution in [0.4, 0.5) is 0 Å². The molecule has 57 heavy (non-hydrogen) atoms. The third-order valence-corrected chi connectivity index (χ3v) is 10.4. The number of nitrogens with zero attached hydrogens (tertiary/aromatic N) is 5. The normalized spacial score (nSPS) is 11.3. The topological polar surface area (TPSA) is 64.5 Å². The molecule has 5 nitrogen and oxygen atoms in total. The Morgan fingerprint density at radius 2 is 0.702 bits per heavy atom. The van der Waals surface area contributed by atoms with Gasteiger partial charge in [-0.2, -0.15) is 0 Å². The van der Waals surface area contributed by atoms with Gasteiger partial charge in [-0.25, -0.2) is 15.0 Å². The molecule has 3 heterocycles. The summed E-state index contributed by atoms with van der Waals surface area (Å²) in [6, 6.07) is 68.6. The molecule has 0 aliphatic carbocycles. The Labute approximate surface area is 333 Å². The van der Waals surface area contributed by atoms with E-state index < -0.39 is 5.41 Å². The fourth-order valence-corrected chi connectivity index (χ4v) is 7.30. The van der Waals surface area contributed by atoms with Crippen LogP contribution in [0.15, 0.2) is 200 Å². The van der Waals surface area contributed by atoms with Crippen molar-refractivity contribution in [1.29, 1.82) is 0 Å². The third kappa shape index (κ3) is 7.27. The molecule has 0 atom stereocenters. The molecule has 6 aromatic carbocycles. The molecule has 0 aliphatic heterocycles. The molecule has 5 heteroatoms. The highest BCUT2D eigenvalue weighted by Crippen LogP contribution is 2.42. The minimum atomic E-state index is -0.548. The van der Waals surface area contributed by atoms with Gasteiger partial charge >= 0.3 is 0 Å². The largest absolute Gasteiger partial charge is 0.252 e. The van der Waals surface area contributed by atoms with Crippen molar-refractivity contribution in [2.24, 2.45) is 0 Å². The molecule has 0 fully saturated rings. The maximum atomic E-state index is 5.46. The van der Waals surface area contributed by atoms with E-state index in [0.29, 0.717) is 17.5 Å². The van der Waals surface area contributed by atoms with Gasteiger partial charge in [0.2, 0.25) is 0 Å². The van der Waals surface area contributed by atoms with Crippen LogP contribution in [0.3, 0.4) is 0 Å². The van der Waals surface area contributed by atoms with Gasteiger partial charge < -0.3 is 0 Å². The second-order valence-electron chi connectivity index (χ2n) is 14.5. The highest BCUT2D eigenvalue weighted by molar-refractivity contribution is 5.86. The maximum Gasteiger partial charge on any atom is 0.164 e. The molecule has 0 saturated heterocycles. The lowest BCUT2D eigenvalue weighted by molar-refractivity contribution is 0.599. The summed E-state index contributed by atoms with van der Waals surface area (Å²) in [6.07, 6.45) is 0. The van der Waals surface area contributed by atoms with Crippen LogP contribution >= 0.6 is 0 Å². The van der Waals surface area contributed by atoms with Gasteiger partial charge in [-0.05, 0) is 48.7 Å². The first kappa shape index (κ1) is 35.3. The van der Waals surface area contributed by atoms with Crippen LogP contribution in [0, 0.1) is 0 Å². The smallest absolute Gasteiger partial charge is 0.164 e. The van der Waals surface area contributed by atoms with E-state index in [1.807, 2.05) is 72.8 Å². The van der Waals surface area contributed by atoms with E-state index in [2.05, 4.69) is 141 Å². The summed E-state index contributed by atoms with van der Waals surface area (Å²) in [5.74, 6) is 1.90. The van der Waals surface area contributed by atoms with E-state index in [9.17, 15) is 0 Å². The average Bonchev–Trinajstić information content (AvgIpc) is 3.30. The predicted octanol–water partition coefficient (Wildman–Crippen LogP) is 12.7. The van der Waals surface area contributed by atoms with Crippen molar-refractivity contribution in [2.75, 3.05) is 0 Å². The van der Waals surface area contributed by atoms with Crippen molar-refractivity contribution in [3.8, 4) is 78.9 Å². The Hall–Kier alpha value is -7.37. The first-order valence-electron chi connectivity index (χ1n) is 19.2. The van der Waals surface area contributed by atoms with Crippen LogP contribution in [0.2, 0.25) is 0 Å². The summed E-state index contributed by atoms with van der Waals surface area (Å²) in [7, 11) is 0. The minimum Gasteiger partial charge on any atom is -0.252 e. The zero-order valence-corrected chi connectivity index (χ0v) is 31.8. The molecule has 0 saturated carbocycles. The molecule has 0 bridgehead atoms. The fourth-order valence-electron chi connectivity index (χ4n) is 7.30. The van der Waals surface area contributed by atoms with Crippen molar-refractivity contribution in [3.05, 3.63) is 212 Å². The van der Waals surface area contributed by atoms with Crippen LogP contribution in [0.5, 0.6) is 0 Å². The lowest BCUT2D eigenvalue weighted by Gasteiger charge is -2.28. The Bertz CT molecular complexity index is 2730. The number of rotatable bonds is 9. The Morgan fingerprint density at radius 1 is 0.281 bits per heavy atom. The second kappa shape index (κ2) is 15.4. The summed E-state index contributed by atoms with van der Waals surface area (Å²) in [5.41, 5.74) is 12.5. The fraction of sp³-hybridized carbons (Fsp3) is 0.0577. The Kier molecular flexibility index (Phi) is 9.55. The minimum absolute atomic E-state index is 0.548. The summed E-state index contributed by atoms with van der Waals surface area (Å²) in [4.78, 5) is 25.5. The Morgan fingerprint density at radius 3 is 1.23 bits per heavy atom. The molecular formula is C52H39N5. The SMILES string of the molecule is CC(C)(c1cccc(-c2ccccc2)n1)c1nc(-c2ccccc2)ccc1-c1ccccc1-c1ccc(-c2nc(-c3ccccc3)nc(-c3ccccc3)n2)cc1. The summed E-state index contributed by atoms with van der Waals surface area (Å²) in [5, 5.41) is 0. The average molecular weight is 734 g/mol. The third-order valence-electron chi connectivity index (χ3n) is 10.4. The van der Waals surface area contributed by atoms with Crippen molar-refractivity contribution < 1.29 is 0 Å². The molecule has 3 aromatic heterocycles. The highest BCUT2D eigenvalue weighted by Gasteiger charge is 2.31. The highest BCUT2D eigenvalue weighted by atomic mass is 15.0. The van der Waals surface area contributed by atoms with E-state index in [-0.39, 0.29) is 0 Å². The summed E-state index contributed by atoms with van der Waals surface area (Å²) < 4.78 is 0. The lowest BCUT2D eigenvalue weighted by atomic mass is 9.79. The van der Waals surface area contributed by atoms with Crippen LogP contribution in [-0.2, 0) is 5.41 Å². The molecule has 272 valence electrons. The zero-order chi connectivity index (χ0) is 38.6. The molecule has 0 amide bonds. The maximum absolute atomic E-state index is 5.46. The second-order valence-corrected chi connectivity index (χ2v) is 14.5. The monoisotopic (exact) mass is 733 g/mol. The first-order chi connectivity index (χ1) is 28.0. The van der Waals surface area contributed by atoms with Gasteiger partial charge in [-0.15, -0.1) is 0 Å². The van der Waals surface area contributed by atoms with Gasteiger partial charge in [0.05, 0.1) is 22.8 Å². The molecule has 0 spiro atoms. The Balaban J connectivity index is 1.14. The molecule has 9 rings (SSSR count). The van der Waals surface area contributed by atoms with Crippen molar-refractivity contribution in [3.63, 3.8) is 0 Å². The van der Waals surface area contributed by atoms with Crippen molar-refractivity contribution >= 4 is 0 Å². The number of pyridine rings is 2. The molecule has 0 aliphatic rings. The number of hydrogen-bond acceptors (Lipinski definition) is 5.